The minimum atomic E-state index is -3.10. The van der Waals surface area contributed by atoms with Crippen LogP contribution in [0.15, 0.2) is 0 Å². The van der Waals surface area contributed by atoms with Gasteiger partial charge in [0.25, 0.3) is 0 Å². The van der Waals surface area contributed by atoms with Crippen LogP contribution < -0.4 is 10.0 Å². The Morgan fingerprint density at radius 2 is 2.24 bits per heavy atom. The van der Waals surface area contributed by atoms with Crippen molar-refractivity contribution in [2.75, 3.05) is 36.1 Å². The highest BCUT2D eigenvalue weighted by Gasteiger charge is 2.23. The first-order chi connectivity index (χ1) is 8.16. The number of rotatable bonds is 5. The highest BCUT2D eigenvalue weighted by atomic mass is 32.2. The van der Waals surface area contributed by atoms with Gasteiger partial charge in [-0.3, -0.25) is 0 Å². The van der Waals surface area contributed by atoms with Gasteiger partial charge in [-0.25, -0.2) is 13.1 Å². The Labute approximate surface area is 112 Å². The number of hydrogen-bond donors (Lipinski definition) is 2. The largest absolute Gasteiger partial charge is 0.313 e. The molecule has 0 aromatic carbocycles. The molecule has 0 radical (unpaired) electrons. The van der Waals surface area contributed by atoms with Crippen LogP contribution in [0, 0.1) is 0 Å². The molecular formula is C10H20N2O2S3. The summed E-state index contributed by atoms with van der Waals surface area (Å²) in [7, 11) is -3.10. The zero-order chi connectivity index (χ0) is 12.1. The fourth-order valence-electron chi connectivity index (χ4n) is 2.10. The maximum Gasteiger partial charge on any atom is 0.213 e. The van der Waals surface area contributed by atoms with E-state index in [1.165, 1.54) is 5.75 Å². The monoisotopic (exact) mass is 296 g/mol. The minimum absolute atomic E-state index is 0.154. The van der Waals surface area contributed by atoms with Crippen molar-refractivity contribution in [1.82, 2.24) is 10.0 Å². The van der Waals surface area contributed by atoms with E-state index >= 15 is 0 Å². The quantitative estimate of drug-likeness (QED) is 0.774. The average Bonchev–Trinajstić information content (AvgIpc) is 2.80. The minimum Gasteiger partial charge on any atom is -0.313 e. The molecule has 0 aromatic heterocycles. The van der Waals surface area contributed by atoms with Gasteiger partial charge in [-0.05, 0) is 19.4 Å². The second-order valence-electron chi connectivity index (χ2n) is 4.49. The van der Waals surface area contributed by atoms with Crippen LogP contribution in [0.25, 0.3) is 0 Å². The van der Waals surface area contributed by atoms with Crippen molar-refractivity contribution in [3.63, 3.8) is 0 Å². The van der Waals surface area contributed by atoms with Gasteiger partial charge in [-0.2, -0.15) is 23.5 Å². The van der Waals surface area contributed by atoms with E-state index in [2.05, 4.69) is 10.0 Å². The smallest absolute Gasteiger partial charge is 0.213 e. The Hall–Kier alpha value is 0.570. The molecule has 0 aliphatic carbocycles. The van der Waals surface area contributed by atoms with Crippen molar-refractivity contribution in [3.8, 4) is 0 Å². The Morgan fingerprint density at radius 1 is 1.35 bits per heavy atom. The van der Waals surface area contributed by atoms with Gasteiger partial charge in [0.15, 0.2) is 0 Å². The summed E-state index contributed by atoms with van der Waals surface area (Å²) in [6.07, 6.45) is 2.07. The van der Waals surface area contributed by atoms with Crippen LogP contribution in [0.5, 0.6) is 0 Å². The Bertz CT molecular complexity index is 322. The van der Waals surface area contributed by atoms with Gasteiger partial charge < -0.3 is 5.32 Å². The lowest BCUT2D eigenvalue weighted by Crippen LogP contribution is -2.40. The molecule has 4 nitrogen and oxygen atoms in total. The van der Waals surface area contributed by atoms with Crippen molar-refractivity contribution in [1.29, 1.82) is 0 Å². The van der Waals surface area contributed by atoms with Gasteiger partial charge in [0.05, 0.1) is 5.75 Å². The fraction of sp³-hybridized carbons (Fsp3) is 1.00. The van der Waals surface area contributed by atoms with E-state index in [0.717, 1.165) is 30.9 Å². The van der Waals surface area contributed by atoms with E-state index in [-0.39, 0.29) is 11.8 Å². The molecule has 0 saturated carbocycles. The molecule has 0 amide bonds. The molecule has 2 N–H and O–H groups in total. The number of sulfonamides is 1. The third kappa shape index (κ3) is 4.98. The molecule has 2 aliphatic rings. The lowest BCUT2D eigenvalue weighted by atomic mass is 10.3. The summed E-state index contributed by atoms with van der Waals surface area (Å²) in [5.41, 5.74) is 0. The lowest BCUT2D eigenvalue weighted by Gasteiger charge is -2.21. The molecule has 2 aliphatic heterocycles. The zero-order valence-corrected chi connectivity index (χ0v) is 12.3. The van der Waals surface area contributed by atoms with E-state index in [9.17, 15) is 8.42 Å². The van der Waals surface area contributed by atoms with Crippen molar-refractivity contribution < 1.29 is 8.42 Å². The van der Waals surface area contributed by atoms with Gasteiger partial charge in [-0.1, -0.05) is 0 Å². The van der Waals surface area contributed by atoms with Gasteiger partial charge in [0.1, 0.15) is 0 Å². The highest BCUT2D eigenvalue weighted by Crippen LogP contribution is 2.23. The molecule has 7 heteroatoms. The molecule has 0 spiro atoms. The fourth-order valence-corrected chi connectivity index (χ4v) is 6.20. The van der Waals surface area contributed by atoms with Crippen molar-refractivity contribution in [3.05, 3.63) is 0 Å². The van der Waals surface area contributed by atoms with Crippen molar-refractivity contribution in [2.24, 2.45) is 0 Å². The summed E-state index contributed by atoms with van der Waals surface area (Å²) >= 11 is 3.80. The molecule has 100 valence electrons. The maximum atomic E-state index is 11.9. The molecule has 2 unspecified atom stereocenters. The molecular weight excluding hydrogens is 276 g/mol. The van der Waals surface area contributed by atoms with Crippen LogP contribution >= 0.6 is 23.5 Å². The second-order valence-corrected chi connectivity index (χ2v) is 8.90. The Balaban J connectivity index is 1.72. The van der Waals surface area contributed by atoms with Crippen LogP contribution in [-0.4, -0.2) is 55.8 Å². The molecule has 0 aromatic rings. The van der Waals surface area contributed by atoms with E-state index in [1.54, 1.807) is 0 Å². The first-order valence-electron chi connectivity index (χ1n) is 6.06. The van der Waals surface area contributed by atoms with Crippen LogP contribution in [0.4, 0.5) is 0 Å². The van der Waals surface area contributed by atoms with Gasteiger partial charge >= 0.3 is 0 Å². The maximum absolute atomic E-state index is 11.9. The van der Waals surface area contributed by atoms with E-state index in [4.69, 9.17) is 0 Å². The highest BCUT2D eigenvalue weighted by molar-refractivity contribution is 8.06. The Morgan fingerprint density at radius 3 is 2.88 bits per heavy atom. The van der Waals surface area contributed by atoms with E-state index in [1.807, 2.05) is 23.5 Å². The van der Waals surface area contributed by atoms with Crippen molar-refractivity contribution in [2.45, 2.75) is 24.1 Å². The molecule has 2 saturated heterocycles. The van der Waals surface area contributed by atoms with Crippen LogP contribution in [-0.2, 0) is 10.0 Å². The number of nitrogens with one attached hydrogen (secondary N) is 2. The molecule has 2 fully saturated rings. The summed E-state index contributed by atoms with van der Waals surface area (Å²) < 4.78 is 26.5. The van der Waals surface area contributed by atoms with E-state index < -0.39 is 10.0 Å². The topological polar surface area (TPSA) is 58.2 Å². The molecule has 2 heterocycles. The third-order valence-electron chi connectivity index (χ3n) is 3.00. The predicted molar refractivity (Wildman–Crippen MR) is 76.4 cm³/mol. The van der Waals surface area contributed by atoms with Gasteiger partial charge in [0.2, 0.25) is 10.0 Å². The lowest BCUT2D eigenvalue weighted by molar-refractivity contribution is 0.564. The van der Waals surface area contributed by atoms with Crippen LogP contribution in [0.3, 0.4) is 0 Å². The van der Waals surface area contributed by atoms with Gasteiger partial charge in [-0.15, -0.1) is 0 Å². The first kappa shape index (κ1) is 14.0. The molecule has 0 bridgehead atoms. The molecule has 17 heavy (non-hydrogen) atoms. The van der Waals surface area contributed by atoms with Gasteiger partial charge in [0, 0.05) is 35.1 Å². The predicted octanol–water partition coefficient (Wildman–Crippen LogP) is 0.506. The van der Waals surface area contributed by atoms with Crippen LogP contribution in [0.2, 0.25) is 0 Å². The molecule has 2 atom stereocenters. The average molecular weight is 296 g/mol. The third-order valence-corrected chi connectivity index (χ3v) is 7.29. The SMILES string of the molecule is O=S(=O)(CC1CCCN1)NCC1CSCCS1. The summed E-state index contributed by atoms with van der Waals surface area (Å²) in [5, 5.41) is 3.67. The first-order valence-corrected chi connectivity index (χ1v) is 9.91. The normalized spacial score (nSPS) is 30.6. The standard InChI is InChI=1S/C10H20N2O2S3/c13-17(14,8-9-2-1-3-11-9)12-6-10-7-15-4-5-16-10/h9-12H,1-8H2. The second kappa shape index (κ2) is 6.65. The van der Waals surface area contributed by atoms with Crippen LogP contribution in [0.1, 0.15) is 12.8 Å². The number of thioether (sulfide) groups is 2. The summed E-state index contributed by atoms with van der Waals surface area (Å²) in [4.78, 5) is 0. The molecule has 2 rings (SSSR count). The summed E-state index contributed by atoms with van der Waals surface area (Å²) in [5.74, 6) is 3.63. The Kier molecular flexibility index (Phi) is 5.48. The summed E-state index contributed by atoms with van der Waals surface area (Å²) in [6, 6.07) is 0.154. The van der Waals surface area contributed by atoms with Crippen molar-refractivity contribution >= 4 is 33.5 Å². The van der Waals surface area contributed by atoms with E-state index in [0.29, 0.717) is 11.8 Å². The zero-order valence-electron chi connectivity index (χ0n) is 9.85. The summed E-state index contributed by atoms with van der Waals surface area (Å²) in [6.45, 7) is 1.54. The number of hydrogen-bond acceptors (Lipinski definition) is 5.